The van der Waals surface area contributed by atoms with Gasteiger partial charge in [0.1, 0.15) is 0 Å². The standard InChI is InChI=1S/C15H13ClN2O3S2/c1-2-17-14-15(18-13(21-14)12-4-3-9-22-12)23(19,20)11-7-5-10(16)6-8-11/h3-9,17H,2H2,1H3. The predicted molar refractivity (Wildman–Crippen MR) is 90.9 cm³/mol. The summed E-state index contributed by atoms with van der Waals surface area (Å²) >= 11 is 7.25. The van der Waals surface area contributed by atoms with Crippen LogP contribution in [0.5, 0.6) is 0 Å². The Kier molecular flexibility index (Phi) is 4.43. The second kappa shape index (κ2) is 6.35. The van der Waals surface area contributed by atoms with Crippen molar-refractivity contribution in [3.63, 3.8) is 0 Å². The van der Waals surface area contributed by atoms with Crippen molar-refractivity contribution in [2.75, 3.05) is 11.9 Å². The van der Waals surface area contributed by atoms with Crippen molar-refractivity contribution in [2.45, 2.75) is 16.8 Å². The minimum absolute atomic E-state index is 0.118. The van der Waals surface area contributed by atoms with Crippen LogP contribution in [0.25, 0.3) is 10.8 Å². The van der Waals surface area contributed by atoms with Crippen molar-refractivity contribution in [3.8, 4) is 10.8 Å². The van der Waals surface area contributed by atoms with Crippen LogP contribution in [-0.2, 0) is 9.84 Å². The van der Waals surface area contributed by atoms with Gasteiger partial charge in [-0.25, -0.2) is 8.42 Å². The molecule has 0 saturated carbocycles. The first-order valence-electron chi connectivity index (χ1n) is 6.81. The molecule has 1 aromatic carbocycles. The van der Waals surface area contributed by atoms with E-state index in [0.717, 1.165) is 4.88 Å². The lowest BCUT2D eigenvalue weighted by Gasteiger charge is -2.04. The van der Waals surface area contributed by atoms with E-state index in [1.807, 2.05) is 24.4 Å². The summed E-state index contributed by atoms with van der Waals surface area (Å²) in [7, 11) is -3.80. The largest absolute Gasteiger partial charge is 0.418 e. The van der Waals surface area contributed by atoms with E-state index in [1.54, 1.807) is 0 Å². The van der Waals surface area contributed by atoms with E-state index in [-0.39, 0.29) is 21.7 Å². The molecule has 0 atom stereocenters. The number of nitrogens with zero attached hydrogens (tertiary/aromatic N) is 1. The molecule has 0 amide bonds. The molecule has 0 aliphatic rings. The number of oxazole rings is 1. The minimum Gasteiger partial charge on any atom is -0.418 e. The summed E-state index contributed by atoms with van der Waals surface area (Å²) in [5.74, 6) is 0.425. The van der Waals surface area contributed by atoms with Crippen molar-refractivity contribution in [3.05, 3.63) is 46.8 Å². The molecule has 0 fully saturated rings. The Labute approximate surface area is 142 Å². The second-order valence-corrected chi connectivity index (χ2v) is 7.87. The molecule has 0 saturated heterocycles. The highest BCUT2D eigenvalue weighted by molar-refractivity contribution is 7.91. The van der Waals surface area contributed by atoms with E-state index in [1.165, 1.54) is 35.6 Å². The first-order chi connectivity index (χ1) is 11.0. The molecule has 1 N–H and O–H groups in total. The van der Waals surface area contributed by atoms with Gasteiger partial charge in [0.2, 0.25) is 26.6 Å². The third-order valence-corrected chi connectivity index (χ3v) is 5.83. The van der Waals surface area contributed by atoms with Gasteiger partial charge in [0, 0.05) is 11.6 Å². The molecule has 23 heavy (non-hydrogen) atoms. The summed E-state index contributed by atoms with van der Waals surface area (Å²) in [6.45, 7) is 2.37. The molecular weight excluding hydrogens is 356 g/mol. The van der Waals surface area contributed by atoms with Crippen molar-refractivity contribution < 1.29 is 12.8 Å². The lowest BCUT2D eigenvalue weighted by molar-refractivity contribution is 0.579. The van der Waals surface area contributed by atoms with E-state index in [0.29, 0.717) is 11.6 Å². The van der Waals surface area contributed by atoms with Crippen molar-refractivity contribution in [1.29, 1.82) is 0 Å². The van der Waals surface area contributed by atoms with Crippen LogP contribution in [0.3, 0.4) is 0 Å². The van der Waals surface area contributed by atoms with E-state index < -0.39 is 9.84 Å². The van der Waals surface area contributed by atoms with Gasteiger partial charge in [0.15, 0.2) is 0 Å². The molecule has 0 bridgehead atoms. The fourth-order valence-electron chi connectivity index (χ4n) is 1.99. The van der Waals surface area contributed by atoms with Gasteiger partial charge in [0.25, 0.3) is 0 Å². The van der Waals surface area contributed by atoms with Gasteiger partial charge in [-0.1, -0.05) is 17.7 Å². The number of thiophene rings is 1. The molecule has 120 valence electrons. The average Bonchev–Trinajstić information content (AvgIpc) is 3.17. The van der Waals surface area contributed by atoms with E-state index in [4.69, 9.17) is 16.0 Å². The van der Waals surface area contributed by atoms with Crippen LogP contribution in [0, 0.1) is 0 Å². The maximum atomic E-state index is 12.8. The van der Waals surface area contributed by atoms with Crippen LogP contribution in [0.15, 0.2) is 56.1 Å². The summed E-state index contributed by atoms with van der Waals surface area (Å²) in [6, 6.07) is 9.64. The number of sulfone groups is 1. The van der Waals surface area contributed by atoms with E-state index >= 15 is 0 Å². The Bertz CT molecular complexity index is 901. The zero-order valence-electron chi connectivity index (χ0n) is 12.1. The second-order valence-electron chi connectivity index (χ2n) is 4.62. The predicted octanol–water partition coefficient (Wildman–Crippen LogP) is 4.32. The Morgan fingerprint density at radius 2 is 2.00 bits per heavy atom. The number of rotatable bonds is 5. The summed E-state index contributed by atoms with van der Waals surface area (Å²) in [5, 5.41) is 5.14. The first-order valence-corrected chi connectivity index (χ1v) is 9.55. The summed E-state index contributed by atoms with van der Waals surface area (Å²) in [4.78, 5) is 5.09. The molecule has 3 aromatic rings. The monoisotopic (exact) mass is 368 g/mol. The van der Waals surface area contributed by atoms with Crippen LogP contribution in [-0.4, -0.2) is 19.9 Å². The lowest BCUT2D eigenvalue weighted by Crippen LogP contribution is -2.07. The number of aromatic nitrogens is 1. The molecule has 3 rings (SSSR count). The zero-order chi connectivity index (χ0) is 16.4. The first kappa shape index (κ1) is 16.0. The van der Waals surface area contributed by atoms with Crippen LogP contribution < -0.4 is 5.32 Å². The zero-order valence-corrected chi connectivity index (χ0v) is 14.5. The Morgan fingerprint density at radius 1 is 1.26 bits per heavy atom. The molecule has 0 spiro atoms. The van der Waals surface area contributed by atoms with E-state index in [2.05, 4.69) is 10.3 Å². The smallest absolute Gasteiger partial charge is 0.240 e. The third-order valence-electron chi connectivity index (χ3n) is 3.04. The Hall–Kier alpha value is -1.83. The third kappa shape index (κ3) is 3.12. The van der Waals surface area contributed by atoms with Crippen LogP contribution in [0.1, 0.15) is 6.92 Å². The van der Waals surface area contributed by atoms with Gasteiger partial charge in [0.05, 0.1) is 9.77 Å². The van der Waals surface area contributed by atoms with Gasteiger partial charge in [-0.05, 0) is 42.6 Å². The number of nitrogens with one attached hydrogen (secondary N) is 1. The molecule has 2 heterocycles. The van der Waals surface area contributed by atoms with Crippen LogP contribution in [0.4, 0.5) is 5.88 Å². The number of benzene rings is 1. The highest BCUT2D eigenvalue weighted by Gasteiger charge is 2.28. The maximum absolute atomic E-state index is 12.8. The van der Waals surface area contributed by atoms with E-state index in [9.17, 15) is 8.42 Å². The topological polar surface area (TPSA) is 72.2 Å². The van der Waals surface area contributed by atoms with Crippen molar-refractivity contribution >= 4 is 38.7 Å². The number of anilines is 1. The SMILES string of the molecule is CCNc1oc(-c2cccs2)nc1S(=O)(=O)c1ccc(Cl)cc1. The van der Waals surface area contributed by atoms with Crippen LogP contribution >= 0.6 is 22.9 Å². The molecule has 5 nitrogen and oxygen atoms in total. The molecule has 8 heteroatoms. The molecule has 0 aliphatic heterocycles. The normalized spacial score (nSPS) is 11.6. The Morgan fingerprint density at radius 3 is 2.61 bits per heavy atom. The molecule has 0 unspecified atom stereocenters. The molecule has 0 aliphatic carbocycles. The number of halogens is 1. The van der Waals surface area contributed by atoms with Gasteiger partial charge in [-0.15, -0.1) is 11.3 Å². The molecule has 0 radical (unpaired) electrons. The van der Waals surface area contributed by atoms with Crippen LogP contribution in [0.2, 0.25) is 5.02 Å². The number of hydrogen-bond acceptors (Lipinski definition) is 6. The summed E-state index contributed by atoms with van der Waals surface area (Å²) in [5.41, 5.74) is 0. The summed E-state index contributed by atoms with van der Waals surface area (Å²) < 4.78 is 31.3. The highest BCUT2D eigenvalue weighted by atomic mass is 35.5. The number of hydrogen-bond donors (Lipinski definition) is 1. The van der Waals surface area contributed by atoms with Crippen molar-refractivity contribution in [2.24, 2.45) is 0 Å². The van der Waals surface area contributed by atoms with Gasteiger partial charge in [-0.3, -0.25) is 0 Å². The minimum atomic E-state index is -3.80. The maximum Gasteiger partial charge on any atom is 0.240 e. The fraction of sp³-hybridized carbons (Fsp3) is 0.133. The Balaban J connectivity index is 2.12. The summed E-state index contributed by atoms with van der Waals surface area (Å²) in [6.07, 6.45) is 0. The van der Waals surface area contributed by atoms with Crippen molar-refractivity contribution in [1.82, 2.24) is 4.98 Å². The lowest BCUT2D eigenvalue weighted by atomic mass is 10.4. The van der Waals surface area contributed by atoms with Gasteiger partial charge >= 0.3 is 0 Å². The average molecular weight is 369 g/mol. The van der Waals surface area contributed by atoms with Gasteiger partial charge in [-0.2, -0.15) is 4.98 Å². The molecule has 2 aromatic heterocycles. The fourth-order valence-corrected chi connectivity index (χ4v) is 4.05. The van der Waals surface area contributed by atoms with Gasteiger partial charge < -0.3 is 9.73 Å². The highest BCUT2D eigenvalue weighted by Crippen LogP contribution is 2.34. The quantitative estimate of drug-likeness (QED) is 0.726. The molecular formula is C15H13ClN2O3S2.